The van der Waals surface area contributed by atoms with E-state index < -0.39 is 82.6 Å². The molecule has 2 aromatic carbocycles. The van der Waals surface area contributed by atoms with Gasteiger partial charge in [-0.15, -0.1) is 22.7 Å². The molecular weight excluding hydrogens is 1060 g/mol. The van der Waals surface area contributed by atoms with Crippen molar-refractivity contribution in [3.63, 3.8) is 0 Å². The zero-order valence-corrected chi connectivity index (χ0v) is 48.2. The van der Waals surface area contributed by atoms with Gasteiger partial charge in [0.05, 0.1) is 97.2 Å². The number of ether oxygens (including phenoxy) is 5. The zero-order valence-electron chi connectivity index (χ0n) is 46.5. The summed E-state index contributed by atoms with van der Waals surface area (Å²) in [7, 11) is 0. The molecule has 2 saturated heterocycles. The molecule has 2 fully saturated rings. The van der Waals surface area contributed by atoms with Crippen molar-refractivity contribution in [3.05, 3.63) is 82.1 Å². The summed E-state index contributed by atoms with van der Waals surface area (Å²) in [6, 6.07) is 11.8. The highest BCUT2D eigenvalue weighted by Crippen LogP contribution is 2.31. The van der Waals surface area contributed by atoms with Gasteiger partial charge in [0.2, 0.25) is 35.4 Å². The Morgan fingerprint density at radius 1 is 0.557 bits per heavy atom. The average molecular weight is 1140 g/mol. The second-order valence-corrected chi connectivity index (χ2v) is 23.5. The fourth-order valence-electron chi connectivity index (χ4n) is 9.07. The van der Waals surface area contributed by atoms with Crippen molar-refractivity contribution in [2.45, 2.75) is 118 Å². The average Bonchev–Trinajstić information content (AvgIpc) is 4.28. The van der Waals surface area contributed by atoms with Crippen molar-refractivity contribution in [2.24, 2.45) is 10.8 Å². The maximum absolute atomic E-state index is 14.0. The maximum atomic E-state index is 14.0. The number of β-amino-alcohol motifs (C(OH)–C–C–N with tert-alkyl or cyclic N) is 2. The van der Waals surface area contributed by atoms with Crippen LogP contribution in [0.15, 0.2) is 59.6 Å². The highest BCUT2D eigenvalue weighted by Gasteiger charge is 2.46. The number of nitrogens with zero attached hydrogens (tertiary/aromatic N) is 4. The summed E-state index contributed by atoms with van der Waals surface area (Å²) in [4.78, 5) is 94.2. The first-order chi connectivity index (χ1) is 37.6. The van der Waals surface area contributed by atoms with Crippen LogP contribution < -0.4 is 21.3 Å². The first-order valence-corrected chi connectivity index (χ1v) is 28.3. The highest BCUT2D eigenvalue weighted by molar-refractivity contribution is 7.13. The van der Waals surface area contributed by atoms with Crippen molar-refractivity contribution in [2.75, 3.05) is 79.2 Å². The third-order valence-corrected chi connectivity index (χ3v) is 15.3. The fourth-order valence-corrected chi connectivity index (χ4v) is 10.7. The Labute approximate surface area is 470 Å². The topological polar surface area (TPSA) is 269 Å². The van der Waals surface area contributed by atoms with E-state index >= 15 is 0 Å². The first-order valence-electron chi connectivity index (χ1n) is 26.6. The molecule has 0 aliphatic carbocycles. The van der Waals surface area contributed by atoms with Gasteiger partial charge in [0.1, 0.15) is 37.4 Å². The smallest absolute Gasteiger partial charge is 0.246 e. The summed E-state index contributed by atoms with van der Waals surface area (Å²) < 4.78 is 27.7. The third kappa shape index (κ3) is 18.7. The van der Waals surface area contributed by atoms with Gasteiger partial charge in [-0.1, -0.05) is 90.1 Å². The van der Waals surface area contributed by atoms with Crippen molar-refractivity contribution in [1.82, 2.24) is 41.0 Å². The maximum Gasteiger partial charge on any atom is 0.246 e. The van der Waals surface area contributed by atoms with Crippen molar-refractivity contribution in [1.29, 1.82) is 0 Å². The van der Waals surface area contributed by atoms with E-state index in [1.165, 1.54) is 9.80 Å². The van der Waals surface area contributed by atoms with E-state index in [1.807, 2.05) is 104 Å². The Bertz CT molecular complexity index is 2460. The highest BCUT2D eigenvalue weighted by atomic mass is 32.1. The van der Waals surface area contributed by atoms with E-state index in [4.69, 9.17) is 23.7 Å². The number of aliphatic hydroxyl groups is 2. The molecule has 0 saturated carbocycles. The Morgan fingerprint density at radius 3 is 1.19 bits per heavy atom. The van der Waals surface area contributed by atoms with Crippen LogP contribution >= 0.6 is 22.7 Å². The molecule has 23 heteroatoms. The molecule has 2 aromatic heterocycles. The van der Waals surface area contributed by atoms with Crippen molar-refractivity contribution >= 4 is 58.1 Å². The number of carbonyl (C=O) groups is 6. The predicted molar refractivity (Wildman–Crippen MR) is 297 cm³/mol. The molecule has 4 aromatic rings. The van der Waals surface area contributed by atoms with Gasteiger partial charge in [-0.2, -0.15) is 0 Å². The summed E-state index contributed by atoms with van der Waals surface area (Å²) in [6.45, 7) is 16.2. The number of amides is 6. The number of carbonyl (C=O) groups excluding carboxylic acids is 6. The molecule has 6 atom stereocenters. The van der Waals surface area contributed by atoms with Crippen LogP contribution in [0.3, 0.4) is 0 Å². The van der Waals surface area contributed by atoms with Gasteiger partial charge >= 0.3 is 0 Å². The van der Waals surface area contributed by atoms with Gasteiger partial charge in [0, 0.05) is 39.0 Å². The van der Waals surface area contributed by atoms with Crippen LogP contribution in [-0.2, 0) is 65.5 Å². The van der Waals surface area contributed by atoms with Crippen LogP contribution in [0, 0.1) is 24.7 Å². The molecule has 0 bridgehead atoms. The minimum Gasteiger partial charge on any atom is -0.391 e. The van der Waals surface area contributed by atoms with Gasteiger partial charge in [0.25, 0.3) is 0 Å². The number of hydrogen-bond donors (Lipinski definition) is 6. The van der Waals surface area contributed by atoms with Crippen LogP contribution in [0.2, 0.25) is 0 Å². The number of benzene rings is 2. The lowest BCUT2D eigenvalue weighted by atomic mass is 9.85. The molecule has 0 spiro atoms. The van der Waals surface area contributed by atoms with E-state index in [2.05, 4.69) is 31.2 Å². The Kier molecular flexibility index (Phi) is 23.4. The molecule has 21 nitrogen and oxygen atoms in total. The van der Waals surface area contributed by atoms with E-state index in [9.17, 15) is 39.0 Å². The second-order valence-electron chi connectivity index (χ2n) is 21.8. The number of aryl methyl sites for hydroxylation is 2. The monoisotopic (exact) mass is 1130 g/mol. The second kappa shape index (κ2) is 29.6. The SMILES string of the molecule is Cc1ncsc1-c1ccc(CNC(=O)[C@@H]2C[C@H](O)CN2C(=O)[C@@H](NC(=O)COCCOCCOCCOCCOCC(=O)N[C@H](C(=O)N2C[C@@H](O)C[C@H]2C(=O)NCc2ccc(-c3scnc3C)cc2)C(C)(C)C)C(C)(C)C)cc1. The molecule has 0 radical (unpaired) electrons. The van der Waals surface area contributed by atoms with Crippen LogP contribution in [0.25, 0.3) is 20.9 Å². The summed E-state index contributed by atoms with van der Waals surface area (Å²) in [5.74, 6) is -2.75. The van der Waals surface area contributed by atoms with Gasteiger partial charge < -0.3 is 65.0 Å². The summed E-state index contributed by atoms with van der Waals surface area (Å²) >= 11 is 3.12. The van der Waals surface area contributed by atoms with Gasteiger partial charge in [-0.3, -0.25) is 28.8 Å². The lowest BCUT2D eigenvalue weighted by Crippen LogP contribution is -2.58. The lowest BCUT2D eigenvalue weighted by molar-refractivity contribution is -0.144. The summed E-state index contributed by atoms with van der Waals surface area (Å²) in [5.41, 5.74) is 7.88. The number of nitrogens with one attached hydrogen (secondary N) is 4. The van der Waals surface area contributed by atoms with E-state index in [1.54, 1.807) is 33.7 Å². The standard InChI is InChI=1S/C56H78N8O13S2/c1-35-47(78-33-59-35)39-13-9-37(10-14-39)27-57-51(69)43-25-41(65)29-63(43)53(71)49(55(3,4)5)61-45(67)31-76-23-21-74-19-17-73-18-20-75-22-24-77-32-46(68)62-50(56(6,7)8)54(72)64-30-42(66)26-44(64)52(70)58-28-38-11-15-40(16-12-38)48-36(2)60-34-79-48/h9-16,33-34,41-44,49-50,65-66H,17-32H2,1-8H3,(H,57,69)(H,58,70)(H,61,67)(H,62,68)/t41-,42-,43-,44-,49+,50+/m0/s1. The quantitative estimate of drug-likeness (QED) is 0.0444. The molecule has 6 N–H and O–H groups in total. The number of hydrogen-bond acceptors (Lipinski definition) is 17. The van der Waals surface area contributed by atoms with E-state index in [0.29, 0.717) is 0 Å². The Balaban J connectivity index is 0.795. The van der Waals surface area contributed by atoms with E-state index in [0.717, 1.165) is 43.4 Å². The minimum atomic E-state index is -0.995. The number of thiazole rings is 2. The molecule has 6 rings (SSSR count). The largest absolute Gasteiger partial charge is 0.391 e. The van der Waals surface area contributed by atoms with E-state index in [-0.39, 0.29) is 105 Å². The minimum absolute atomic E-state index is 0.0389. The molecular formula is C56H78N8O13S2. The molecule has 79 heavy (non-hydrogen) atoms. The van der Waals surface area contributed by atoms with Crippen LogP contribution in [0.1, 0.15) is 76.9 Å². The number of aromatic nitrogens is 2. The van der Waals surface area contributed by atoms with Gasteiger partial charge in [-0.25, -0.2) is 9.97 Å². The lowest BCUT2D eigenvalue weighted by Gasteiger charge is -2.35. The van der Waals surface area contributed by atoms with Gasteiger partial charge in [-0.05, 0) is 46.9 Å². The molecule has 2 aliphatic heterocycles. The third-order valence-electron chi connectivity index (χ3n) is 13.4. The molecule has 432 valence electrons. The van der Waals surface area contributed by atoms with Crippen molar-refractivity contribution in [3.8, 4) is 20.9 Å². The Morgan fingerprint density at radius 2 is 0.886 bits per heavy atom. The number of aliphatic hydroxyl groups excluding tert-OH is 2. The van der Waals surface area contributed by atoms with Crippen molar-refractivity contribution < 1.29 is 62.7 Å². The van der Waals surface area contributed by atoms with Crippen LogP contribution in [-0.4, -0.2) is 181 Å². The first kappa shape index (κ1) is 62.4. The molecule has 6 amide bonds. The zero-order chi connectivity index (χ0) is 57.3. The summed E-state index contributed by atoms with van der Waals surface area (Å²) in [5, 5.41) is 32.5. The molecule has 2 aliphatic rings. The van der Waals surface area contributed by atoms with Crippen LogP contribution in [0.4, 0.5) is 0 Å². The number of likely N-dealkylation sites (tertiary alicyclic amines) is 2. The Hall–Kier alpha value is -5.76. The van der Waals surface area contributed by atoms with Gasteiger partial charge in [0.15, 0.2) is 0 Å². The predicted octanol–water partition coefficient (Wildman–Crippen LogP) is 3.55. The molecule has 0 unspecified atom stereocenters. The molecule has 4 heterocycles. The normalized spacial score (nSPS) is 18.3. The summed E-state index contributed by atoms with van der Waals surface area (Å²) in [6.07, 6.45) is -1.63. The van der Waals surface area contributed by atoms with Crippen LogP contribution in [0.5, 0.6) is 0 Å². The number of rotatable bonds is 28. The fraction of sp³-hybridized carbons (Fsp3) is 0.571.